The maximum Gasteiger partial charge on any atom is 0.329 e. The minimum absolute atomic E-state index is 0.0682. The molecule has 0 radical (unpaired) electrons. The molecule has 0 amide bonds. The van der Waals surface area contributed by atoms with Crippen molar-refractivity contribution >= 4 is 11.0 Å². The fourth-order valence-corrected chi connectivity index (χ4v) is 7.02. The first-order chi connectivity index (χ1) is 14.9. The SMILES string of the molecule is CC1(C)[C@@H]2CC[C@H](C2)[C@@H]1CN1CCC(n2c(=O)n(C[C@H](O)CO)c3ccccc32)CC1. The normalized spacial score (nSPS) is 29.7. The summed E-state index contributed by atoms with van der Waals surface area (Å²) in [4.78, 5) is 15.9. The van der Waals surface area contributed by atoms with Crippen molar-refractivity contribution in [3.63, 3.8) is 0 Å². The number of para-hydroxylation sites is 2. The molecule has 31 heavy (non-hydrogen) atoms. The second kappa shape index (κ2) is 8.05. The van der Waals surface area contributed by atoms with Gasteiger partial charge in [-0.25, -0.2) is 4.79 Å². The fraction of sp³-hybridized carbons (Fsp3) is 0.720. The van der Waals surface area contributed by atoms with Gasteiger partial charge in [0.05, 0.1) is 30.3 Å². The standard InChI is InChI=1S/C25H37N3O3/c1-25(2)18-8-7-17(13-18)21(25)15-26-11-9-19(10-12-26)28-23-6-4-3-5-22(23)27(24(28)31)14-20(30)16-29/h3-6,17-21,29-30H,7-16H2,1-2H3/t17-,18-,20+,21+/m1/s1. The predicted molar refractivity (Wildman–Crippen MR) is 122 cm³/mol. The molecular weight excluding hydrogens is 390 g/mol. The lowest BCUT2D eigenvalue weighted by atomic mass is 9.68. The summed E-state index contributed by atoms with van der Waals surface area (Å²) in [5.41, 5.74) is 2.18. The molecule has 2 saturated carbocycles. The smallest absolute Gasteiger partial charge is 0.329 e. The van der Waals surface area contributed by atoms with Crippen LogP contribution in [-0.4, -0.2) is 56.6 Å². The summed E-state index contributed by atoms with van der Waals surface area (Å²) in [6.07, 6.45) is 5.32. The Hall–Kier alpha value is -1.63. The Bertz CT molecular complexity index is 986. The molecule has 2 bridgehead atoms. The van der Waals surface area contributed by atoms with Gasteiger partial charge in [0.25, 0.3) is 0 Å². The maximum absolute atomic E-state index is 13.3. The zero-order valence-corrected chi connectivity index (χ0v) is 18.9. The lowest BCUT2D eigenvalue weighted by Gasteiger charge is -2.42. The summed E-state index contributed by atoms with van der Waals surface area (Å²) < 4.78 is 3.57. The highest BCUT2D eigenvalue weighted by Gasteiger charge is 2.52. The first-order valence-corrected chi connectivity index (χ1v) is 12.1. The highest BCUT2D eigenvalue weighted by molar-refractivity contribution is 5.76. The Morgan fingerprint density at radius 1 is 1.10 bits per heavy atom. The van der Waals surface area contributed by atoms with Gasteiger partial charge in [0.1, 0.15) is 0 Å². The first kappa shape index (κ1) is 21.2. The molecule has 1 aliphatic heterocycles. The highest BCUT2D eigenvalue weighted by atomic mass is 16.3. The van der Waals surface area contributed by atoms with Crippen molar-refractivity contribution in [3.8, 4) is 0 Å². The molecule has 6 nitrogen and oxygen atoms in total. The average Bonchev–Trinajstić information content (AvgIpc) is 3.42. The third-order valence-electron chi connectivity index (χ3n) is 8.90. The largest absolute Gasteiger partial charge is 0.394 e. The monoisotopic (exact) mass is 427 g/mol. The molecule has 1 aromatic heterocycles. The van der Waals surface area contributed by atoms with E-state index in [2.05, 4.69) is 18.7 Å². The molecule has 1 saturated heterocycles. The van der Waals surface area contributed by atoms with Crippen LogP contribution >= 0.6 is 0 Å². The Labute approximate surface area is 184 Å². The number of imidazole rings is 1. The number of aromatic nitrogens is 2. The quantitative estimate of drug-likeness (QED) is 0.744. The molecule has 2 N–H and O–H groups in total. The number of hydrogen-bond donors (Lipinski definition) is 2. The molecule has 3 aliphatic rings. The first-order valence-electron chi connectivity index (χ1n) is 12.1. The van der Waals surface area contributed by atoms with E-state index >= 15 is 0 Å². The third-order valence-corrected chi connectivity index (χ3v) is 8.90. The van der Waals surface area contributed by atoms with Gasteiger partial charge in [-0.3, -0.25) is 9.13 Å². The van der Waals surface area contributed by atoms with Crippen LogP contribution in [0, 0.1) is 23.2 Å². The van der Waals surface area contributed by atoms with Crippen molar-refractivity contribution in [1.82, 2.24) is 14.0 Å². The van der Waals surface area contributed by atoms with E-state index in [0.717, 1.165) is 54.7 Å². The van der Waals surface area contributed by atoms with Crippen molar-refractivity contribution in [1.29, 1.82) is 0 Å². The van der Waals surface area contributed by atoms with Crippen LogP contribution in [0.25, 0.3) is 11.0 Å². The molecule has 3 fully saturated rings. The van der Waals surface area contributed by atoms with E-state index in [-0.39, 0.29) is 24.9 Å². The number of aliphatic hydroxyl groups excluding tert-OH is 2. The Balaban J connectivity index is 1.32. The second-order valence-electron chi connectivity index (χ2n) is 10.8. The van der Waals surface area contributed by atoms with Gasteiger partial charge in [-0.1, -0.05) is 26.0 Å². The summed E-state index contributed by atoms with van der Waals surface area (Å²) in [6.45, 7) is 8.05. The lowest BCUT2D eigenvalue weighted by Crippen LogP contribution is -2.44. The van der Waals surface area contributed by atoms with Crippen LogP contribution in [0.2, 0.25) is 0 Å². The summed E-state index contributed by atoms with van der Waals surface area (Å²) in [6, 6.07) is 8.02. The van der Waals surface area contributed by atoms with Crippen molar-refractivity contribution in [2.75, 3.05) is 26.2 Å². The van der Waals surface area contributed by atoms with Crippen LogP contribution in [0.4, 0.5) is 0 Å². The van der Waals surface area contributed by atoms with E-state index in [0.29, 0.717) is 5.41 Å². The Kier molecular flexibility index (Phi) is 5.51. The van der Waals surface area contributed by atoms with E-state index < -0.39 is 6.10 Å². The zero-order valence-electron chi connectivity index (χ0n) is 18.9. The van der Waals surface area contributed by atoms with Crippen LogP contribution in [0.3, 0.4) is 0 Å². The summed E-state index contributed by atoms with van der Waals surface area (Å²) in [7, 11) is 0. The van der Waals surface area contributed by atoms with Crippen LogP contribution < -0.4 is 5.69 Å². The molecule has 5 rings (SSSR count). The Morgan fingerprint density at radius 2 is 1.81 bits per heavy atom. The third kappa shape index (κ3) is 3.57. The number of nitrogens with zero attached hydrogens (tertiary/aromatic N) is 3. The number of hydrogen-bond acceptors (Lipinski definition) is 4. The van der Waals surface area contributed by atoms with Gasteiger partial charge < -0.3 is 15.1 Å². The number of piperidine rings is 1. The van der Waals surface area contributed by atoms with Crippen molar-refractivity contribution < 1.29 is 10.2 Å². The molecule has 170 valence electrons. The van der Waals surface area contributed by atoms with E-state index in [1.165, 1.54) is 25.8 Å². The van der Waals surface area contributed by atoms with Gasteiger partial charge in [0, 0.05) is 25.7 Å². The molecule has 2 aliphatic carbocycles. The van der Waals surface area contributed by atoms with Gasteiger partial charge in [-0.15, -0.1) is 0 Å². The lowest BCUT2D eigenvalue weighted by molar-refractivity contribution is 0.0643. The van der Waals surface area contributed by atoms with Crippen molar-refractivity contribution in [2.24, 2.45) is 23.2 Å². The maximum atomic E-state index is 13.3. The van der Waals surface area contributed by atoms with Crippen LogP contribution in [-0.2, 0) is 6.54 Å². The van der Waals surface area contributed by atoms with E-state index in [9.17, 15) is 15.0 Å². The molecule has 0 unspecified atom stereocenters. The molecule has 6 heteroatoms. The van der Waals surface area contributed by atoms with Crippen LogP contribution in [0.5, 0.6) is 0 Å². The van der Waals surface area contributed by atoms with Gasteiger partial charge in [-0.05, 0) is 67.4 Å². The van der Waals surface area contributed by atoms with Crippen LogP contribution in [0.1, 0.15) is 52.0 Å². The summed E-state index contributed by atoms with van der Waals surface area (Å²) >= 11 is 0. The number of fused-ring (bicyclic) bond motifs is 3. The van der Waals surface area contributed by atoms with Crippen molar-refractivity contribution in [3.05, 3.63) is 34.7 Å². The van der Waals surface area contributed by atoms with Gasteiger partial charge in [0.2, 0.25) is 0 Å². The summed E-state index contributed by atoms with van der Waals surface area (Å²) in [5, 5.41) is 19.2. The minimum atomic E-state index is -0.927. The van der Waals surface area contributed by atoms with Crippen LogP contribution in [0.15, 0.2) is 29.1 Å². The predicted octanol–water partition coefficient (Wildman–Crippen LogP) is 2.87. The molecule has 2 heterocycles. The van der Waals surface area contributed by atoms with Gasteiger partial charge in [-0.2, -0.15) is 0 Å². The molecular formula is C25H37N3O3. The highest BCUT2D eigenvalue weighted by Crippen LogP contribution is 2.59. The zero-order chi connectivity index (χ0) is 21.8. The Morgan fingerprint density at radius 3 is 2.45 bits per heavy atom. The van der Waals surface area contributed by atoms with Gasteiger partial charge >= 0.3 is 5.69 Å². The number of likely N-dealkylation sites (tertiary alicyclic amines) is 1. The number of aliphatic hydroxyl groups is 2. The van der Waals surface area contributed by atoms with Crippen molar-refractivity contribution in [2.45, 2.75) is 64.6 Å². The van der Waals surface area contributed by atoms with E-state index in [1.807, 2.05) is 28.8 Å². The minimum Gasteiger partial charge on any atom is -0.394 e. The molecule has 4 atom stereocenters. The molecule has 2 aromatic rings. The average molecular weight is 428 g/mol. The number of rotatable bonds is 6. The van der Waals surface area contributed by atoms with E-state index in [4.69, 9.17) is 0 Å². The topological polar surface area (TPSA) is 70.6 Å². The second-order valence-corrected chi connectivity index (χ2v) is 10.8. The fourth-order valence-electron chi connectivity index (χ4n) is 7.02. The summed E-state index contributed by atoms with van der Waals surface area (Å²) in [5.74, 6) is 2.64. The van der Waals surface area contributed by atoms with Gasteiger partial charge in [0.15, 0.2) is 0 Å². The molecule has 1 aromatic carbocycles. The molecule has 0 spiro atoms. The van der Waals surface area contributed by atoms with E-state index in [1.54, 1.807) is 4.57 Å². The number of benzene rings is 1.